The summed E-state index contributed by atoms with van der Waals surface area (Å²) in [5.74, 6) is 1.01. The molecule has 3 rings (SSSR count). The maximum Gasteiger partial charge on any atom is 0.240 e. The lowest BCUT2D eigenvalue weighted by Gasteiger charge is -2.23. The van der Waals surface area contributed by atoms with E-state index in [1.54, 1.807) is 0 Å². The van der Waals surface area contributed by atoms with E-state index >= 15 is 0 Å². The Morgan fingerprint density at radius 1 is 1.12 bits per heavy atom. The second-order valence-electron chi connectivity index (χ2n) is 6.05. The van der Waals surface area contributed by atoms with Crippen molar-refractivity contribution in [2.45, 2.75) is 26.8 Å². The van der Waals surface area contributed by atoms with Crippen molar-refractivity contribution in [2.24, 2.45) is 0 Å². The largest absolute Gasteiger partial charge is 0.454 e. The van der Waals surface area contributed by atoms with Crippen molar-refractivity contribution in [1.29, 1.82) is 0 Å². The Hall–Kier alpha value is -3.02. The molecule has 2 amide bonds. The highest BCUT2D eigenvalue weighted by atomic mass is 16.7. The van der Waals surface area contributed by atoms with Crippen molar-refractivity contribution in [3.05, 3.63) is 53.6 Å². The summed E-state index contributed by atoms with van der Waals surface area (Å²) in [5, 5.41) is 2.85. The van der Waals surface area contributed by atoms with Gasteiger partial charge in [-0.05, 0) is 35.7 Å². The van der Waals surface area contributed by atoms with E-state index in [0.717, 1.165) is 23.2 Å². The van der Waals surface area contributed by atoms with Crippen LogP contribution in [0.15, 0.2) is 42.5 Å². The standard InChI is InChI=1S/C20H22N2O4/c1-3-16-6-4-5-7-17(16)22(14(2)23)12-20(24)21-11-15-8-9-18-19(10-15)26-13-25-18/h4-10H,3,11-13H2,1-2H3,(H,21,24). The van der Waals surface area contributed by atoms with Crippen molar-refractivity contribution >= 4 is 17.5 Å². The molecular weight excluding hydrogens is 332 g/mol. The molecule has 0 saturated carbocycles. The summed E-state index contributed by atoms with van der Waals surface area (Å²) < 4.78 is 10.6. The van der Waals surface area contributed by atoms with Crippen molar-refractivity contribution in [2.75, 3.05) is 18.2 Å². The Morgan fingerprint density at radius 2 is 1.88 bits per heavy atom. The summed E-state index contributed by atoms with van der Waals surface area (Å²) in [4.78, 5) is 26.0. The summed E-state index contributed by atoms with van der Waals surface area (Å²) in [6, 6.07) is 13.2. The number of rotatable bonds is 6. The third-order valence-corrected chi connectivity index (χ3v) is 4.27. The smallest absolute Gasteiger partial charge is 0.240 e. The molecule has 0 bridgehead atoms. The second-order valence-corrected chi connectivity index (χ2v) is 6.05. The van der Waals surface area contributed by atoms with E-state index in [1.165, 1.54) is 11.8 Å². The first-order chi connectivity index (χ1) is 12.6. The van der Waals surface area contributed by atoms with E-state index in [-0.39, 0.29) is 25.2 Å². The van der Waals surface area contributed by atoms with Crippen molar-refractivity contribution in [1.82, 2.24) is 5.32 Å². The number of carbonyl (C=O) groups excluding carboxylic acids is 2. The maximum absolute atomic E-state index is 12.4. The molecule has 1 aliphatic rings. The molecular formula is C20H22N2O4. The normalized spacial score (nSPS) is 11.9. The number of fused-ring (bicyclic) bond motifs is 1. The number of nitrogens with one attached hydrogen (secondary N) is 1. The minimum absolute atomic E-state index is 0.0170. The Balaban J connectivity index is 1.64. The predicted molar refractivity (Wildman–Crippen MR) is 98.3 cm³/mol. The molecule has 0 spiro atoms. The predicted octanol–water partition coefficient (Wildman–Crippen LogP) is 2.65. The van der Waals surface area contributed by atoms with Gasteiger partial charge in [0.2, 0.25) is 18.6 Å². The molecule has 1 N–H and O–H groups in total. The zero-order valence-corrected chi connectivity index (χ0v) is 15.0. The molecule has 26 heavy (non-hydrogen) atoms. The van der Waals surface area contributed by atoms with Crippen LogP contribution in [0.4, 0.5) is 5.69 Å². The molecule has 6 nitrogen and oxygen atoms in total. The van der Waals surface area contributed by atoms with Crippen molar-refractivity contribution < 1.29 is 19.1 Å². The number of para-hydroxylation sites is 1. The molecule has 2 aromatic rings. The van der Waals surface area contributed by atoms with Gasteiger partial charge in [0.15, 0.2) is 11.5 Å². The van der Waals surface area contributed by atoms with Crippen LogP contribution >= 0.6 is 0 Å². The van der Waals surface area contributed by atoms with E-state index in [4.69, 9.17) is 9.47 Å². The minimum Gasteiger partial charge on any atom is -0.454 e. The van der Waals surface area contributed by atoms with Gasteiger partial charge >= 0.3 is 0 Å². The number of hydrogen-bond donors (Lipinski definition) is 1. The van der Waals surface area contributed by atoms with Crippen LogP contribution in [0.5, 0.6) is 11.5 Å². The zero-order chi connectivity index (χ0) is 18.5. The molecule has 0 atom stereocenters. The number of anilines is 1. The first-order valence-electron chi connectivity index (χ1n) is 8.59. The zero-order valence-electron chi connectivity index (χ0n) is 15.0. The lowest BCUT2D eigenvalue weighted by Crippen LogP contribution is -2.40. The van der Waals surface area contributed by atoms with Crippen LogP contribution < -0.4 is 19.7 Å². The summed E-state index contributed by atoms with van der Waals surface area (Å²) in [6.45, 7) is 4.05. The molecule has 136 valence electrons. The number of nitrogens with zero attached hydrogens (tertiary/aromatic N) is 1. The van der Waals surface area contributed by atoms with Gasteiger partial charge < -0.3 is 19.7 Å². The fraction of sp³-hybridized carbons (Fsp3) is 0.300. The average molecular weight is 354 g/mol. The van der Waals surface area contributed by atoms with Gasteiger partial charge in [0.25, 0.3) is 0 Å². The highest BCUT2D eigenvalue weighted by Crippen LogP contribution is 2.32. The minimum atomic E-state index is -0.219. The van der Waals surface area contributed by atoms with E-state index in [0.29, 0.717) is 18.0 Å². The Bertz CT molecular complexity index is 819. The molecule has 2 aromatic carbocycles. The maximum atomic E-state index is 12.4. The van der Waals surface area contributed by atoms with Gasteiger partial charge in [-0.25, -0.2) is 0 Å². The Morgan fingerprint density at radius 3 is 2.65 bits per heavy atom. The average Bonchev–Trinajstić information content (AvgIpc) is 3.12. The Kier molecular flexibility index (Phi) is 5.41. The topological polar surface area (TPSA) is 67.9 Å². The summed E-state index contributed by atoms with van der Waals surface area (Å²) >= 11 is 0. The summed E-state index contributed by atoms with van der Waals surface area (Å²) in [7, 11) is 0. The van der Waals surface area contributed by atoms with Crippen molar-refractivity contribution in [3.8, 4) is 11.5 Å². The SMILES string of the molecule is CCc1ccccc1N(CC(=O)NCc1ccc2c(c1)OCO2)C(C)=O. The quantitative estimate of drug-likeness (QED) is 0.866. The van der Waals surface area contributed by atoms with Gasteiger partial charge in [-0.15, -0.1) is 0 Å². The monoisotopic (exact) mass is 354 g/mol. The third-order valence-electron chi connectivity index (χ3n) is 4.27. The van der Waals surface area contributed by atoms with Crippen LogP contribution in [0.3, 0.4) is 0 Å². The number of ether oxygens (including phenoxy) is 2. The fourth-order valence-electron chi connectivity index (χ4n) is 2.89. The van der Waals surface area contributed by atoms with E-state index in [9.17, 15) is 9.59 Å². The lowest BCUT2D eigenvalue weighted by molar-refractivity contribution is -0.123. The van der Waals surface area contributed by atoms with E-state index in [2.05, 4.69) is 5.32 Å². The highest BCUT2D eigenvalue weighted by Gasteiger charge is 2.18. The fourth-order valence-corrected chi connectivity index (χ4v) is 2.89. The van der Waals surface area contributed by atoms with Gasteiger partial charge in [-0.2, -0.15) is 0 Å². The van der Waals surface area contributed by atoms with Gasteiger partial charge in [-0.3, -0.25) is 9.59 Å². The second kappa shape index (κ2) is 7.91. The third kappa shape index (κ3) is 3.96. The van der Waals surface area contributed by atoms with Crippen LogP contribution in [-0.4, -0.2) is 25.2 Å². The number of amides is 2. The highest BCUT2D eigenvalue weighted by molar-refractivity contribution is 5.98. The van der Waals surface area contributed by atoms with Gasteiger partial charge in [0.1, 0.15) is 6.54 Å². The summed E-state index contributed by atoms with van der Waals surface area (Å²) in [6.07, 6.45) is 0.790. The van der Waals surface area contributed by atoms with Gasteiger partial charge in [-0.1, -0.05) is 31.2 Å². The first kappa shape index (κ1) is 17.8. The molecule has 0 unspecified atom stereocenters. The van der Waals surface area contributed by atoms with Crippen LogP contribution in [0.1, 0.15) is 25.0 Å². The molecule has 1 heterocycles. The number of benzene rings is 2. The van der Waals surface area contributed by atoms with E-state index in [1.807, 2.05) is 49.4 Å². The van der Waals surface area contributed by atoms with Crippen LogP contribution in [0, 0.1) is 0 Å². The Labute approximate surface area is 152 Å². The van der Waals surface area contributed by atoms with Crippen LogP contribution in [-0.2, 0) is 22.6 Å². The first-order valence-corrected chi connectivity index (χ1v) is 8.59. The molecule has 0 radical (unpaired) electrons. The number of carbonyl (C=O) groups is 2. The van der Waals surface area contributed by atoms with Gasteiger partial charge in [0.05, 0.1) is 0 Å². The van der Waals surface area contributed by atoms with Crippen LogP contribution in [0.2, 0.25) is 0 Å². The molecule has 1 aliphatic heterocycles. The van der Waals surface area contributed by atoms with Gasteiger partial charge in [0, 0.05) is 19.2 Å². The number of aryl methyl sites for hydroxylation is 1. The number of hydrogen-bond acceptors (Lipinski definition) is 4. The lowest BCUT2D eigenvalue weighted by atomic mass is 10.1. The van der Waals surface area contributed by atoms with E-state index < -0.39 is 0 Å². The molecule has 6 heteroatoms. The molecule has 0 saturated heterocycles. The molecule has 0 aromatic heterocycles. The van der Waals surface area contributed by atoms with Crippen molar-refractivity contribution in [3.63, 3.8) is 0 Å². The molecule has 0 fully saturated rings. The molecule has 0 aliphatic carbocycles. The van der Waals surface area contributed by atoms with Crippen LogP contribution in [0.25, 0.3) is 0 Å². The summed E-state index contributed by atoms with van der Waals surface area (Å²) in [5.41, 5.74) is 2.72.